The van der Waals surface area contributed by atoms with E-state index in [0.29, 0.717) is 6.61 Å². The predicted molar refractivity (Wildman–Crippen MR) is 88.7 cm³/mol. The normalized spacial score (nSPS) is 22.0. The number of hydrogen-bond donors (Lipinski definition) is 1. The quantitative estimate of drug-likeness (QED) is 0.878. The second kappa shape index (κ2) is 7.25. The smallest absolute Gasteiger partial charge is 0.239 e. The number of carbonyl (C=O) groups is 1. The highest BCUT2D eigenvalue weighted by molar-refractivity contribution is 5.83. The number of piperidine rings is 1. The lowest BCUT2D eigenvalue weighted by Crippen LogP contribution is -2.58. The fourth-order valence-electron chi connectivity index (χ4n) is 3.23. The summed E-state index contributed by atoms with van der Waals surface area (Å²) in [5.74, 6) is 0.208. The number of amides is 1. The molecule has 2 atom stereocenters. The van der Waals surface area contributed by atoms with Gasteiger partial charge in [0.25, 0.3) is 0 Å². The molecule has 0 bridgehead atoms. The number of carbonyl (C=O) groups excluding carboxylic acids is 1. The first-order chi connectivity index (χ1) is 10.5. The van der Waals surface area contributed by atoms with Crippen LogP contribution in [0.25, 0.3) is 0 Å². The topological polar surface area (TPSA) is 41.6 Å². The summed E-state index contributed by atoms with van der Waals surface area (Å²) in [5, 5.41) is 3.57. The van der Waals surface area contributed by atoms with Gasteiger partial charge in [0.15, 0.2) is 0 Å². The predicted octanol–water partition coefficient (Wildman–Crippen LogP) is 2.54. The minimum absolute atomic E-state index is 0.142. The standard InChI is InChI=1S/C18H28N2O2/c1-14(2)20-12-8-11-16(17(20)21)19-18(3,13-22-4)15-9-6-5-7-10-15/h5-7,9-10,14,16,19H,8,11-13H2,1-4H3/t16-,18-/m0/s1. The highest BCUT2D eigenvalue weighted by atomic mass is 16.5. The Balaban J connectivity index is 2.19. The van der Waals surface area contributed by atoms with Crippen LogP contribution in [0, 0.1) is 0 Å². The maximum atomic E-state index is 12.7. The maximum Gasteiger partial charge on any atom is 0.239 e. The molecule has 1 saturated heterocycles. The Bertz CT molecular complexity index is 489. The van der Waals surface area contributed by atoms with Crippen LogP contribution in [0.4, 0.5) is 0 Å². The summed E-state index contributed by atoms with van der Waals surface area (Å²) >= 11 is 0. The first-order valence-electron chi connectivity index (χ1n) is 8.10. The average Bonchev–Trinajstić information content (AvgIpc) is 2.50. The van der Waals surface area contributed by atoms with Crippen molar-refractivity contribution >= 4 is 5.91 Å². The van der Waals surface area contributed by atoms with E-state index in [-0.39, 0.29) is 23.5 Å². The maximum absolute atomic E-state index is 12.7. The molecule has 1 N–H and O–H groups in total. The molecular weight excluding hydrogens is 276 g/mol. The van der Waals surface area contributed by atoms with Gasteiger partial charge in [-0.15, -0.1) is 0 Å². The molecule has 0 unspecified atom stereocenters. The number of methoxy groups -OCH3 is 1. The third-order valence-electron chi connectivity index (χ3n) is 4.43. The van der Waals surface area contributed by atoms with Crippen LogP contribution in [0.5, 0.6) is 0 Å². The Kier molecular flexibility index (Phi) is 5.59. The van der Waals surface area contributed by atoms with E-state index in [2.05, 4.69) is 38.2 Å². The summed E-state index contributed by atoms with van der Waals surface area (Å²) in [6.07, 6.45) is 1.92. The fraction of sp³-hybridized carbons (Fsp3) is 0.611. The molecule has 1 heterocycles. The molecule has 1 aliphatic heterocycles. The minimum atomic E-state index is -0.365. The summed E-state index contributed by atoms with van der Waals surface area (Å²) in [5.41, 5.74) is 0.780. The number of hydrogen-bond acceptors (Lipinski definition) is 3. The van der Waals surface area contributed by atoms with Crippen molar-refractivity contribution in [2.45, 2.75) is 51.2 Å². The largest absolute Gasteiger partial charge is 0.382 e. The van der Waals surface area contributed by atoms with Crippen molar-refractivity contribution in [1.82, 2.24) is 10.2 Å². The fourth-order valence-corrected chi connectivity index (χ4v) is 3.23. The van der Waals surface area contributed by atoms with Crippen molar-refractivity contribution in [1.29, 1.82) is 0 Å². The van der Waals surface area contributed by atoms with Gasteiger partial charge < -0.3 is 9.64 Å². The van der Waals surface area contributed by atoms with Gasteiger partial charge in [0, 0.05) is 19.7 Å². The lowest BCUT2D eigenvalue weighted by Gasteiger charge is -2.40. The van der Waals surface area contributed by atoms with Gasteiger partial charge in [0.05, 0.1) is 18.2 Å². The summed E-state index contributed by atoms with van der Waals surface area (Å²) in [6, 6.07) is 10.3. The number of nitrogens with one attached hydrogen (secondary N) is 1. The Labute approximate surface area is 133 Å². The number of nitrogens with zero attached hydrogens (tertiary/aromatic N) is 1. The van der Waals surface area contributed by atoms with Gasteiger partial charge in [-0.3, -0.25) is 10.1 Å². The molecule has 0 aliphatic carbocycles. The molecule has 1 aromatic carbocycles. The average molecular weight is 304 g/mol. The van der Waals surface area contributed by atoms with Crippen molar-refractivity contribution in [3.8, 4) is 0 Å². The first kappa shape index (κ1) is 17.0. The molecule has 22 heavy (non-hydrogen) atoms. The van der Waals surface area contributed by atoms with E-state index in [1.165, 1.54) is 0 Å². The van der Waals surface area contributed by atoms with Crippen LogP contribution >= 0.6 is 0 Å². The van der Waals surface area contributed by atoms with Crippen molar-refractivity contribution < 1.29 is 9.53 Å². The van der Waals surface area contributed by atoms with Gasteiger partial charge in [0.2, 0.25) is 5.91 Å². The van der Waals surface area contributed by atoms with Crippen LogP contribution in [0.3, 0.4) is 0 Å². The van der Waals surface area contributed by atoms with E-state index in [9.17, 15) is 4.79 Å². The van der Waals surface area contributed by atoms with E-state index in [1.54, 1.807) is 7.11 Å². The molecule has 1 amide bonds. The van der Waals surface area contributed by atoms with Crippen LogP contribution in [-0.4, -0.2) is 43.2 Å². The highest BCUT2D eigenvalue weighted by Gasteiger charge is 2.36. The minimum Gasteiger partial charge on any atom is -0.382 e. The van der Waals surface area contributed by atoms with Crippen molar-refractivity contribution in [3.63, 3.8) is 0 Å². The molecule has 1 aromatic rings. The molecule has 4 nitrogen and oxygen atoms in total. The van der Waals surface area contributed by atoms with Crippen molar-refractivity contribution in [3.05, 3.63) is 35.9 Å². The zero-order valence-electron chi connectivity index (χ0n) is 14.1. The molecule has 1 aliphatic rings. The Hall–Kier alpha value is -1.39. The van der Waals surface area contributed by atoms with Crippen LogP contribution in [0.2, 0.25) is 0 Å². The molecule has 4 heteroatoms. The lowest BCUT2D eigenvalue weighted by atomic mass is 9.90. The van der Waals surface area contributed by atoms with E-state index in [4.69, 9.17) is 4.74 Å². The second-order valence-corrected chi connectivity index (χ2v) is 6.60. The van der Waals surface area contributed by atoms with Gasteiger partial charge in [0.1, 0.15) is 0 Å². The van der Waals surface area contributed by atoms with Gasteiger partial charge >= 0.3 is 0 Å². The first-order valence-corrected chi connectivity index (χ1v) is 8.10. The summed E-state index contributed by atoms with van der Waals surface area (Å²) in [6.45, 7) is 7.65. The van der Waals surface area contributed by atoms with Crippen LogP contribution in [0.1, 0.15) is 39.2 Å². The van der Waals surface area contributed by atoms with Gasteiger partial charge in [-0.2, -0.15) is 0 Å². The van der Waals surface area contributed by atoms with E-state index in [1.807, 2.05) is 23.1 Å². The third kappa shape index (κ3) is 3.68. The van der Waals surface area contributed by atoms with Crippen molar-refractivity contribution in [2.24, 2.45) is 0 Å². The SMILES string of the molecule is COC[C@](C)(N[C@H]1CCCN(C(C)C)C1=O)c1ccccc1. The van der Waals surface area contributed by atoms with E-state index >= 15 is 0 Å². The number of likely N-dealkylation sites (tertiary alicyclic amines) is 1. The van der Waals surface area contributed by atoms with E-state index in [0.717, 1.165) is 24.9 Å². The molecule has 1 fully saturated rings. The van der Waals surface area contributed by atoms with Crippen LogP contribution in [-0.2, 0) is 15.1 Å². The Morgan fingerprint density at radius 3 is 2.64 bits per heavy atom. The van der Waals surface area contributed by atoms with E-state index < -0.39 is 0 Å². The van der Waals surface area contributed by atoms with Crippen LogP contribution in [0.15, 0.2) is 30.3 Å². The summed E-state index contributed by atoms with van der Waals surface area (Å²) in [7, 11) is 1.70. The van der Waals surface area contributed by atoms with Gasteiger partial charge in [-0.1, -0.05) is 30.3 Å². The monoisotopic (exact) mass is 304 g/mol. The second-order valence-electron chi connectivity index (χ2n) is 6.60. The number of rotatable bonds is 6. The Morgan fingerprint density at radius 1 is 1.36 bits per heavy atom. The summed E-state index contributed by atoms with van der Waals surface area (Å²) in [4.78, 5) is 14.7. The molecule has 0 saturated carbocycles. The third-order valence-corrected chi connectivity index (χ3v) is 4.43. The van der Waals surface area contributed by atoms with Gasteiger partial charge in [-0.25, -0.2) is 0 Å². The summed E-state index contributed by atoms with van der Waals surface area (Å²) < 4.78 is 5.43. The molecule has 122 valence electrons. The molecule has 0 spiro atoms. The zero-order valence-corrected chi connectivity index (χ0v) is 14.1. The van der Waals surface area contributed by atoms with Crippen LogP contribution < -0.4 is 5.32 Å². The molecule has 0 radical (unpaired) electrons. The van der Waals surface area contributed by atoms with Crippen molar-refractivity contribution in [2.75, 3.05) is 20.3 Å². The molecule has 2 rings (SSSR count). The van der Waals surface area contributed by atoms with Gasteiger partial charge in [-0.05, 0) is 39.2 Å². The molecular formula is C18H28N2O2. The number of benzene rings is 1. The number of ether oxygens (including phenoxy) is 1. The zero-order chi connectivity index (χ0) is 16.2. The lowest BCUT2D eigenvalue weighted by molar-refractivity contribution is -0.138. The Morgan fingerprint density at radius 2 is 2.05 bits per heavy atom. The highest BCUT2D eigenvalue weighted by Crippen LogP contribution is 2.25. The molecule has 0 aromatic heterocycles.